The fourth-order valence-corrected chi connectivity index (χ4v) is 3.81. The number of aromatic nitrogens is 1. The van der Waals surface area contributed by atoms with Gasteiger partial charge in [-0.1, -0.05) is 24.3 Å². The second-order valence-electron chi connectivity index (χ2n) is 6.37. The van der Waals surface area contributed by atoms with Crippen LogP contribution in [0.1, 0.15) is 15.6 Å². The first-order valence-corrected chi connectivity index (χ1v) is 9.61. The molecule has 0 saturated heterocycles. The van der Waals surface area contributed by atoms with Gasteiger partial charge in [-0.25, -0.2) is 9.78 Å². The van der Waals surface area contributed by atoms with Crippen molar-refractivity contribution < 1.29 is 18.7 Å². The average molecular weight is 408 g/mol. The van der Waals surface area contributed by atoms with E-state index in [1.54, 1.807) is 31.3 Å². The molecule has 0 fully saturated rings. The standard InChI is InChI=1S/C21H16N2O5S/c1-23(11-19-22-14-7-3-5-9-18(14)29-19)20(25)12-27-21(26)17-10-15(24)13-6-2-4-8-16(13)28-17/h2-10H,11-12H2,1H3. The minimum absolute atomic E-state index is 0.240. The number of amides is 1. The number of carbonyl (C=O) groups excluding carboxylic acids is 2. The Morgan fingerprint density at radius 3 is 2.72 bits per heavy atom. The second-order valence-corrected chi connectivity index (χ2v) is 7.49. The lowest BCUT2D eigenvalue weighted by Gasteiger charge is -2.15. The van der Waals surface area contributed by atoms with Crippen molar-refractivity contribution in [1.82, 2.24) is 9.88 Å². The van der Waals surface area contributed by atoms with Crippen LogP contribution in [0.3, 0.4) is 0 Å². The molecule has 1 amide bonds. The number of esters is 1. The topological polar surface area (TPSA) is 89.7 Å². The molecular weight excluding hydrogens is 392 g/mol. The molecule has 146 valence electrons. The van der Waals surface area contributed by atoms with Crippen molar-refractivity contribution in [1.29, 1.82) is 0 Å². The fraction of sp³-hybridized carbons (Fsp3) is 0.143. The summed E-state index contributed by atoms with van der Waals surface area (Å²) in [6, 6.07) is 15.4. The van der Waals surface area contributed by atoms with E-state index in [0.29, 0.717) is 11.9 Å². The van der Waals surface area contributed by atoms with E-state index in [4.69, 9.17) is 9.15 Å². The summed E-state index contributed by atoms with van der Waals surface area (Å²) in [4.78, 5) is 42.5. The third kappa shape index (κ3) is 4.02. The molecule has 0 aliphatic carbocycles. The number of likely N-dealkylation sites (N-methyl/N-ethyl adjacent to an activating group) is 1. The summed E-state index contributed by atoms with van der Waals surface area (Å²) in [7, 11) is 1.61. The molecule has 7 nitrogen and oxygen atoms in total. The molecule has 0 saturated carbocycles. The number of thiazole rings is 1. The van der Waals surface area contributed by atoms with Crippen LogP contribution in [0.15, 0.2) is 63.8 Å². The van der Waals surface area contributed by atoms with Gasteiger partial charge in [-0.05, 0) is 24.3 Å². The third-order valence-corrected chi connectivity index (χ3v) is 5.32. The van der Waals surface area contributed by atoms with Gasteiger partial charge in [0.05, 0.1) is 22.1 Å². The number of para-hydroxylation sites is 2. The van der Waals surface area contributed by atoms with Gasteiger partial charge in [-0.3, -0.25) is 9.59 Å². The Bertz CT molecular complexity index is 1240. The Morgan fingerprint density at radius 1 is 1.14 bits per heavy atom. The number of carbonyl (C=O) groups is 2. The maximum Gasteiger partial charge on any atom is 0.374 e. The van der Waals surface area contributed by atoms with E-state index in [1.165, 1.54) is 16.2 Å². The SMILES string of the molecule is CN(Cc1nc2ccccc2s1)C(=O)COC(=O)c1cc(=O)c2ccccc2o1. The largest absolute Gasteiger partial charge is 0.450 e. The molecule has 0 bridgehead atoms. The first-order valence-electron chi connectivity index (χ1n) is 8.80. The Labute approximate surface area is 169 Å². The van der Waals surface area contributed by atoms with Crippen LogP contribution in [0.5, 0.6) is 0 Å². The molecule has 0 unspecified atom stereocenters. The van der Waals surface area contributed by atoms with Gasteiger partial charge >= 0.3 is 5.97 Å². The second kappa shape index (κ2) is 7.84. The number of rotatable bonds is 5. The van der Waals surface area contributed by atoms with Gasteiger partial charge in [-0.2, -0.15) is 0 Å². The van der Waals surface area contributed by atoms with Crippen LogP contribution < -0.4 is 5.43 Å². The van der Waals surface area contributed by atoms with Crippen LogP contribution >= 0.6 is 11.3 Å². The van der Waals surface area contributed by atoms with Crippen LogP contribution in [0.4, 0.5) is 0 Å². The summed E-state index contributed by atoms with van der Waals surface area (Å²) in [5.41, 5.74) is 0.815. The number of fused-ring (bicyclic) bond motifs is 2. The lowest BCUT2D eigenvalue weighted by Crippen LogP contribution is -2.30. The number of hydrogen-bond acceptors (Lipinski definition) is 7. The normalized spacial score (nSPS) is 10.9. The van der Waals surface area contributed by atoms with Gasteiger partial charge in [0.2, 0.25) is 5.76 Å². The first kappa shape index (κ1) is 18.8. The monoisotopic (exact) mass is 408 g/mol. The predicted molar refractivity (Wildman–Crippen MR) is 109 cm³/mol. The smallest absolute Gasteiger partial charge is 0.374 e. The first-order chi connectivity index (χ1) is 14.0. The predicted octanol–water partition coefficient (Wildman–Crippen LogP) is 3.22. The van der Waals surface area contributed by atoms with Crippen LogP contribution in [0.2, 0.25) is 0 Å². The molecular formula is C21H16N2O5S. The van der Waals surface area contributed by atoms with E-state index in [-0.39, 0.29) is 22.7 Å². The number of ether oxygens (including phenoxy) is 1. The zero-order valence-electron chi connectivity index (χ0n) is 15.5. The summed E-state index contributed by atoms with van der Waals surface area (Å²) in [6.45, 7) is -0.155. The Hall–Kier alpha value is -3.52. The molecule has 0 aliphatic rings. The van der Waals surface area contributed by atoms with Crippen molar-refractivity contribution in [3.05, 3.63) is 75.6 Å². The molecule has 0 atom stereocenters. The minimum Gasteiger partial charge on any atom is -0.450 e. The van der Waals surface area contributed by atoms with Crippen LogP contribution in [0.25, 0.3) is 21.2 Å². The molecule has 4 aromatic rings. The Balaban J connectivity index is 1.39. The van der Waals surface area contributed by atoms with Gasteiger partial charge in [0, 0.05) is 13.1 Å². The maximum absolute atomic E-state index is 12.3. The molecule has 0 spiro atoms. The quantitative estimate of drug-likeness (QED) is 0.471. The number of hydrogen-bond donors (Lipinski definition) is 0. The molecule has 2 heterocycles. The van der Waals surface area contributed by atoms with Crippen molar-refractivity contribution in [2.45, 2.75) is 6.54 Å². The summed E-state index contributed by atoms with van der Waals surface area (Å²) < 4.78 is 11.5. The highest BCUT2D eigenvalue weighted by Crippen LogP contribution is 2.22. The highest BCUT2D eigenvalue weighted by Gasteiger charge is 2.18. The molecule has 0 N–H and O–H groups in total. The molecule has 4 rings (SSSR count). The Kier molecular flexibility index (Phi) is 5.09. The van der Waals surface area contributed by atoms with Crippen molar-refractivity contribution in [2.75, 3.05) is 13.7 Å². The van der Waals surface area contributed by atoms with Crippen LogP contribution in [0, 0.1) is 0 Å². The van der Waals surface area contributed by atoms with E-state index in [1.807, 2.05) is 24.3 Å². The van der Waals surface area contributed by atoms with Crippen molar-refractivity contribution in [2.24, 2.45) is 0 Å². The van der Waals surface area contributed by atoms with Gasteiger partial charge in [0.25, 0.3) is 5.91 Å². The lowest BCUT2D eigenvalue weighted by atomic mass is 10.2. The fourth-order valence-electron chi connectivity index (χ4n) is 2.79. The van der Waals surface area contributed by atoms with Crippen LogP contribution in [-0.2, 0) is 16.1 Å². The van der Waals surface area contributed by atoms with Gasteiger partial charge in [0.15, 0.2) is 12.0 Å². The van der Waals surface area contributed by atoms with E-state index in [0.717, 1.165) is 21.3 Å². The van der Waals surface area contributed by atoms with E-state index >= 15 is 0 Å². The highest BCUT2D eigenvalue weighted by molar-refractivity contribution is 7.18. The molecule has 8 heteroatoms. The molecule has 0 radical (unpaired) electrons. The molecule has 2 aromatic heterocycles. The number of benzene rings is 2. The molecule has 0 aliphatic heterocycles. The molecule has 29 heavy (non-hydrogen) atoms. The Morgan fingerprint density at radius 2 is 1.90 bits per heavy atom. The third-order valence-electron chi connectivity index (χ3n) is 4.30. The summed E-state index contributed by atoms with van der Waals surface area (Å²) in [6.07, 6.45) is 0. The summed E-state index contributed by atoms with van der Waals surface area (Å²) >= 11 is 1.50. The average Bonchev–Trinajstić information content (AvgIpc) is 3.13. The summed E-state index contributed by atoms with van der Waals surface area (Å²) in [5.74, 6) is -1.49. The zero-order valence-corrected chi connectivity index (χ0v) is 16.3. The van der Waals surface area contributed by atoms with Crippen LogP contribution in [-0.4, -0.2) is 35.4 Å². The highest BCUT2D eigenvalue weighted by atomic mass is 32.1. The molecule has 2 aromatic carbocycles. The number of nitrogens with zero attached hydrogens (tertiary/aromatic N) is 2. The van der Waals surface area contributed by atoms with Gasteiger partial charge in [0.1, 0.15) is 10.6 Å². The van der Waals surface area contributed by atoms with Crippen molar-refractivity contribution >= 4 is 44.4 Å². The van der Waals surface area contributed by atoms with Crippen molar-refractivity contribution in [3.63, 3.8) is 0 Å². The lowest BCUT2D eigenvalue weighted by molar-refractivity contribution is -0.133. The van der Waals surface area contributed by atoms with E-state index in [2.05, 4.69) is 4.98 Å². The van der Waals surface area contributed by atoms with Crippen molar-refractivity contribution in [3.8, 4) is 0 Å². The van der Waals surface area contributed by atoms with Gasteiger partial charge in [-0.15, -0.1) is 11.3 Å². The van der Waals surface area contributed by atoms with E-state index in [9.17, 15) is 14.4 Å². The minimum atomic E-state index is -0.866. The van der Waals surface area contributed by atoms with E-state index < -0.39 is 12.6 Å². The summed E-state index contributed by atoms with van der Waals surface area (Å²) in [5, 5.41) is 1.16. The van der Waals surface area contributed by atoms with Gasteiger partial charge < -0.3 is 14.1 Å². The zero-order chi connectivity index (χ0) is 20.4. The maximum atomic E-state index is 12.3.